The molecule has 0 aromatic heterocycles. The zero-order chi connectivity index (χ0) is 21.1. The first kappa shape index (κ1) is 22.7. The monoisotopic (exact) mass is 385 g/mol. The van der Waals surface area contributed by atoms with Gasteiger partial charge in [0.05, 0.1) is 0 Å². The predicted molar refractivity (Wildman–Crippen MR) is 111 cm³/mol. The maximum absolute atomic E-state index is 8.94. The van der Waals surface area contributed by atoms with E-state index >= 15 is 0 Å². The molecule has 0 fully saturated rings. The van der Waals surface area contributed by atoms with Crippen molar-refractivity contribution in [1.82, 2.24) is 5.43 Å². The van der Waals surface area contributed by atoms with Crippen molar-refractivity contribution in [3.63, 3.8) is 0 Å². The Labute approximate surface area is 165 Å². The van der Waals surface area contributed by atoms with Gasteiger partial charge in [-0.1, -0.05) is 12.1 Å². The molecule has 0 saturated carbocycles. The van der Waals surface area contributed by atoms with E-state index < -0.39 is 0 Å². The molecule has 0 spiro atoms. The minimum atomic E-state index is -0.0338. The highest BCUT2D eigenvalue weighted by Gasteiger charge is 2.10. The molecule has 0 saturated heterocycles. The third kappa shape index (κ3) is 6.73. The molecule has 0 atom stereocenters. The van der Waals surface area contributed by atoms with Crippen molar-refractivity contribution >= 4 is 23.9 Å². The number of hydrogen-bond acceptors (Lipinski definition) is 7. The number of ether oxygens (including phenoxy) is 2. The van der Waals surface area contributed by atoms with Crippen molar-refractivity contribution in [2.45, 2.75) is 27.4 Å². The zero-order valence-electron chi connectivity index (χ0n) is 16.6. The minimum Gasteiger partial charge on any atom is -0.489 e. The Morgan fingerprint density at radius 2 is 1.86 bits per heavy atom. The summed E-state index contributed by atoms with van der Waals surface area (Å²) in [6.45, 7) is 5.96. The molecule has 0 aliphatic rings. The fraction of sp³-hybridized carbons (Fsp3) is 0.250. The second-order valence-corrected chi connectivity index (χ2v) is 5.89. The van der Waals surface area contributed by atoms with Crippen LogP contribution in [-0.2, 0) is 16.1 Å². The quantitative estimate of drug-likeness (QED) is 0.130. The molecule has 0 aliphatic heterocycles. The van der Waals surface area contributed by atoms with Crippen LogP contribution in [0.2, 0.25) is 0 Å². The van der Waals surface area contributed by atoms with Crippen LogP contribution in [0.25, 0.3) is 0 Å². The third-order valence-corrected chi connectivity index (χ3v) is 3.81. The van der Waals surface area contributed by atoms with E-state index in [9.17, 15) is 0 Å². The summed E-state index contributed by atoms with van der Waals surface area (Å²) in [7, 11) is 1.90. The first-order valence-electron chi connectivity index (χ1n) is 8.55. The molecule has 2 rings (SSSR count). The summed E-state index contributed by atoms with van der Waals surface area (Å²) in [6.07, 6.45) is 0.403. The van der Waals surface area contributed by atoms with E-state index in [0.717, 1.165) is 22.6 Å². The first-order chi connectivity index (χ1) is 13.3. The van der Waals surface area contributed by atoms with E-state index in [-0.39, 0.29) is 11.8 Å². The SMILES string of the molecule is CNc1cccc(C)c1COc1ccc(C(=N)OC(C)=N)cc1C.NNC=O. The van der Waals surface area contributed by atoms with Gasteiger partial charge in [0, 0.05) is 30.8 Å². The molecule has 2 aromatic rings. The van der Waals surface area contributed by atoms with E-state index in [2.05, 4.69) is 24.1 Å². The van der Waals surface area contributed by atoms with Gasteiger partial charge in [-0.2, -0.15) is 0 Å². The van der Waals surface area contributed by atoms with Crippen LogP contribution in [0.1, 0.15) is 29.2 Å². The van der Waals surface area contributed by atoms with Gasteiger partial charge in [0.15, 0.2) is 5.90 Å². The number of hydrazine groups is 1. The molecule has 0 heterocycles. The van der Waals surface area contributed by atoms with Crippen molar-refractivity contribution in [3.05, 3.63) is 58.7 Å². The Kier molecular flexibility index (Phi) is 9.18. The Hall–Kier alpha value is -3.39. The van der Waals surface area contributed by atoms with Crippen molar-refractivity contribution in [2.75, 3.05) is 12.4 Å². The standard InChI is InChI=1S/C19H23N3O2.CH4N2O/c1-12-6-5-7-17(22-4)16(12)11-23-18-9-8-15(10-13(18)2)19(21)24-14(3)20;2-3-1-4/h5-10,20-22H,11H2,1-4H3;1H,2H2,(H,3,4). The van der Waals surface area contributed by atoms with Crippen LogP contribution in [0.4, 0.5) is 5.69 Å². The lowest BCUT2D eigenvalue weighted by Crippen LogP contribution is -2.18. The number of rotatable bonds is 6. The van der Waals surface area contributed by atoms with Crippen molar-refractivity contribution in [2.24, 2.45) is 5.84 Å². The molecule has 150 valence electrons. The van der Waals surface area contributed by atoms with Gasteiger partial charge in [0.2, 0.25) is 12.3 Å². The van der Waals surface area contributed by atoms with Crippen LogP contribution >= 0.6 is 0 Å². The molecule has 0 bridgehead atoms. The van der Waals surface area contributed by atoms with Crippen LogP contribution in [0.5, 0.6) is 5.75 Å². The van der Waals surface area contributed by atoms with Crippen LogP contribution in [0, 0.1) is 24.7 Å². The van der Waals surface area contributed by atoms with Gasteiger partial charge >= 0.3 is 0 Å². The Balaban J connectivity index is 0.000000892. The van der Waals surface area contributed by atoms with Crippen molar-refractivity contribution in [3.8, 4) is 5.75 Å². The highest BCUT2D eigenvalue weighted by molar-refractivity contribution is 5.98. The summed E-state index contributed by atoms with van der Waals surface area (Å²) in [4.78, 5) is 8.94. The smallest absolute Gasteiger partial charge is 0.221 e. The Bertz CT molecular complexity index is 837. The van der Waals surface area contributed by atoms with E-state index in [0.29, 0.717) is 18.6 Å². The first-order valence-corrected chi connectivity index (χ1v) is 8.55. The van der Waals surface area contributed by atoms with E-state index in [1.807, 2.05) is 38.2 Å². The van der Waals surface area contributed by atoms with Gasteiger partial charge < -0.3 is 14.8 Å². The number of nitrogens with two attached hydrogens (primary N) is 1. The van der Waals surface area contributed by atoms with Gasteiger partial charge in [0.25, 0.3) is 0 Å². The summed E-state index contributed by atoms with van der Waals surface area (Å²) in [5, 5.41) is 18.3. The van der Waals surface area contributed by atoms with Crippen molar-refractivity contribution in [1.29, 1.82) is 10.8 Å². The van der Waals surface area contributed by atoms with Gasteiger partial charge in [-0.15, -0.1) is 0 Å². The minimum absolute atomic E-state index is 0.00266. The number of anilines is 1. The maximum Gasteiger partial charge on any atom is 0.221 e. The molecule has 8 nitrogen and oxygen atoms in total. The molecule has 2 aromatic carbocycles. The fourth-order valence-electron chi connectivity index (χ4n) is 2.44. The maximum atomic E-state index is 8.94. The number of nitrogens with one attached hydrogen (secondary N) is 4. The Morgan fingerprint density at radius 1 is 1.18 bits per heavy atom. The number of benzene rings is 2. The third-order valence-electron chi connectivity index (χ3n) is 3.81. The summed E-state index contributed by atoms with van der Waals surface area (Å²) in [6, 6.07) is 11.5. The molecule has 0 unspecified atom stereocenters. The molecular formula is C20H27N5O3. The molecule has 6 N–H and O–H groups in total. The average Bonchev–Trinajstić information content (AvgIpc) is 2.67. The highest BCUT2D eigenvalue weighted by Crippen LogP contribution is 2.24. The zero-order valence-corrected chi connectivity index (χ0v) is 16.6. The van der Waals surface area contributed by atoms with E-state index in [1.54, 1.807) is 11.5 Å². The summed E-state index contributed by atoms with van der Waals surface area (Å²) in [5.74, 6) is 5.14. The second-order valence-electron chi connectivity index (χ2n) is 5.89. The number of carbonyl (C=O) groups is 1. The van der Waals surface area contributed by atoms with Gasteiger partial charge in [-0.25, -0.2) is 5.84 Å². The number of aryl methyl sites for hydroxylation is 2. The van der Waals surface area contributed by atoms with Crippen molar-refractivity contribution < 1.29 is 14.3 Å². The number of hydrogen-bond donors (Lipinski definition) is 5. The van der Waals surface area contributed by atoms with E-state index in [1.165, 1.54) is 12.5 Å². The molecule has 1 amide bonds. The van der Waals surface area contributed by atoms with Gasteiger partial charge in [0.1, 0.15) is 12.4 Å². The summed E-state index contributed by atoms with van der Waals surface area (Å²) < 4.78 is 11.0. The van der Waals surface area contributed by atoms with Gasteiger partial charge in [-0.3, -0.25) is 21.0 Å². The van der Waals surface area contributed by atoms with Gasteiger partial charge in [-0.05, 0) is 49.2 Å². The fourth-order valence-corrected chi connectivity index (χ4v) is 2.44. The topological polar surface area (TPSA) is 133 Å². The highest BCUT2D eigenvalue weighted by atomic mass is 16.5. The lowest BCUT2D eigenvalue weighted by atomic mass is 10.1. The lowest BCUT2D eigenvalue weighted by Gasteiger charge is -2.15. The molecule has 8 heteroatoms. The largest absolute Gasteiger partial charge is 0.489 e. The molecule has 28 heavy (non-hydrogen) atoms. The molecular weight excluding hydrogens is 358 g/mol. The normalized spacial score (nSPS) is 9.46. The van der Waals surface area contributed by atoms with Crippen LogP contribution in [-0.4, -0.2) is 25.3 Å². The average molecular weight is 385 g/mol. The van der Waals surface area contributed by atoms with Crippen LogP contribution < -0.4 is 21.3 Å². The van der Waals surface area contributed by atoms with Crippen LogP contribution in [0.3, 0.4) is 0 Å². The van der Waals surface area contributed by atoms with E-state index in [4.69, 9.17) is 25.1 Å². The molecule has 0 radical (unpaired) electrons. The number of carbonyl (C=O) groups excluding carboxylic acids is 1. The summed E-state index contributed by atoms with van der Waals surface area (Å²) in [5.41, 5.74) is 6.65. The van der Waals surface area contributed by atoms with Crippen LogP contribution in [0.15, 0.2) is 36.4 Å². The predicted octanol–water partition coefficient (Wildman–Crippen LogP) is 2.87. The lowest BCUT2D eigenvalue weighted by molar-refractivity contribution is -0.109. The summed E-state index contributed by atoms with van der Waals surface area (Å²) >= 11 is 0. The second kappa shape index (κ2) is 11.3. The molecule has 0 aliphatic carbocycles. The Morgan fingerprint density at radius 3 is 2.39 bits per heavy atom. The number of amides is 1.